The number of halogens is 3. The second-order valence-electron chi connectivity index (χ2n) is 9.77. The number of pyridine rings is 1. The summed E-state index contributed by atoms with van der Waals surface area (Å²) in [7, 11) is 0. The molecule has 1 unspecified atom stereocenters. The Labute approximate surface area is 230 Å². The summed E-state index contributed by atoms with van der Waals surface area (Å²) >= 11 is 0. The minimum absolute atomic E-state index is 0.0419. The zero-order valence-corrected chi connectivity index (χ0v) is 21.9. The van der Waals surface area contributed by atoms with Gasteiger partial charge in [0.1, 0.15) is 6.54 Å². The number of carbonyl (C=O) groups excluding carboxylic acids is 2. The second kappa shape index (κ2) is 11.3. The summed E-state index contributed by atoms with van der Waals surface area (Å²) in [4.78, 5) is 31.8. The van der Waals surface area contributed by atoms with Gasteiger partial charge in [0.25, 0.3) is 5.91 Å². The number of nitrogens with one attached hydrogen (secondary N) is 1. The lowest BCUT2D eigenvalue weighted by atomic mass is 9.93. The lowest BCUT2D eigenvalue weighted by molar-refractivity contribution is -0.161. The van der Waals surface area contributed by atoms with E-state index in [4.69, 9.17) is 0 Å². The molecule has 5 rings (SSSR count). The average Bonchev–Trinajstić information content (AvgIpc) is 3.30. The Morgan fingerprint density at radius 2 is 1.57 bits per heavy atom. The van der Waals surface area contributed by atoms with Crippen molar-refractivity contribution in [3.8, 4) is 22.4 Å². The largest absolute Gasteiger partial charge is 0.406 e. The van der Waals surface area contributed by atoms with Crippen molar-refractivity contribution < 1.29 is 22.8 Å². The number of hydrogen-bond donors (Lipinski definition) is 1. The van der Waals surface area contributed by atoms with Crippen molar-refractivity contribution in [2.45, 2.75) is 31.9 Å². The van der Waals surface area contributed by atoms with Crippen molar-refractivity contribution in [2.24, 2.45) is 0 Å². The van der Waals surface area contributed by atoms with E-state index in [1.54, 1.807) is 60.8 Å². The predicted molar refractivity (Wildman–Crippen MR) is 149 cm³/mol. The highest BCUT2D eigenvalue weighted by molar-refractivity contribution is 6.04. The van der Waals surface area contributed by atoms with E-state index in [9.17, 15) is 22.8 Å². The average molecular weight is 544 g/mol. The van der Waals surface area contributed by atoms with E-state index in [1.165, 1.54) is 0 Å². The van der Waals surface area contributed by atoms with Crippen molar-refractivity contribution in [3.63, 3.8) is 0 Å². The van der Waals surface area contributed by atoms with Crippen LogP contribution in [0.1, 0.15) is 47.2 Å². The number of fused-ring (bicyclic) bond motifs is 3. The summed E-state index contributed by atoms with van der Waals surface area (Å²) < 4.78 is 40.3. The number of hydrogen-bond acceptors (Lipinski definition) is 3. The summed E-state index contributed by atoms with van der Waals surface area (Å²) in [6.07, 6.45) is -1.76. The Morgan fingerprint density at radius 3 is 2.27 bits per heavy atom. The first-order valence-corrected chi connectivity index (χ1v) is 13.2. The Kier molecular flexibility index (Phi) is 7.69. The number of benzene rings is 3. The molecule has 1 atom stereocenters. The summed E-state index contributed by atoms with van der Waals surface area (Å²) in [5, 5.41) is 2.83. The Balaban J connectivity index is 1.49. The molecule has 0 bridgehead atoms. The van der Waals surface area contributed by atoms with Crippen LogP contribution in [-0.2, 0) is 4.79 Å². The highest BCUT2D eigenvalue weighted by Gasteiger charge is 2.40. The maximum absolute atomic E-state index is 13.7. The van der Waals surface area contributed by atoms with Crippen molar-refractivity contribution in [1.29, 1.82) is 0 Å². The predicted octanol–water partition coefficient (Wildman–Crippen LogP) is 7.30. The van der Waals surface area contributed by atoms with E-state index in [1.807, 2.05) is 37.3 Å². The number of carbonyl (C=O) groups is 2. The molecule has 8 heteroatoms. The van der Waals surface area contributed by atoms with Crippen LogP contribution in [0.15, 0.2) is 91.1 Å². The Hall–Kier alpha value is -4.46. The Bertz CT molecular complexity index is 1520. The summed E-state index contributed by atoms with van der Waals surface area (Å²) in [6, 6.07) is 25.2. The van der Waals surface area contributed by atoms with Crippen LogP contribution in [0.2, 0.25) is 0 Å². The number of rotatable bonds is 8. The fourth-order valence-corrected chi connectivity index (χ4v) is 5.17. The van der Waals surface area contributed by atoms with Crippen molar-refractivity contribution >= 4 is 17.5 Å². The third kappa shape index (κ3) is 5.61. The van der Waals surface area contributed by atoms with Crippen LogP contribution >= 0.6 is 0 Å². The maximum Gasteiger partial charge on any atom is 0.406 e. The van der Waals surface area contributed by atoms with Crippen LogP contribution < -0.4 is 5.32 Å². The zero-order chi connectivity index (χ0) is 28.3. The SMILES string of the molecule is CCCCN(CC(F)(F)F)C(=O)C1c2ccccc2-c2c(-c3ccc(NC(=O)c4ccccc4)cn3)cccc21. The van der Waals surface area contributed by atoms with Gasteiger partial charge >= 0.3 is 6.18 Å². The quantitative estimate of drug-likeness (QED) is 0.254. The van der Waals surface area contributed by atoms with E-state index in [0.717, 1.165) is 21.6 Å². The normalized spacial score (nSPS) is 13.8. The molecule has 0 aliphatic heterocycles. The molecule has 1 heterocycles. The number of anilines is 1. The van der Waals surface area contributed by atoms with Crippen LogP contribution in [0, 0.1) is 0 Å². The molecule has 3 aromatic carbocycles. The molecule has 1 N–H and O–H groups in total. The Morgan fingerprint density at radius 1 is 0.875 bits per heavy atom. The fourth-order valence-electron chi connectivity index (χ4n) is 5.17. The molecular weight excluding hydrogens is 515 g/mol. The van der Waals surface area contributed by atoms with Gasteiger partial charge in [0.2, 0.25) is 5.91 Å². The van der Waals surface area contributed by atoms with E-state index in [-0.39, 0.29) is 12.5 Å². The van der Waals surface area contributed by atoms with Crippen LogP contribution in [-0.4, -0.2) is 41.0 Å². The number of nitrogens with zero attached hydrogens (tertiary/aromatic N) is 2. The first kappa shape index (κ1) is 27.1. The molecule has 0 saturated heterocycles. The molecule has 40 heavy (non-hydrogen) atoms. The number of unbranched alkanes of at least 4 members (excludes halogenated alkanes) is 1. The third-order valence-corrected chi connectivity index (χ3v) is 6.99. The third-order valence-electron chi connectivity index (χ3n) is 6.99. The van der Waals surface area contributed by atoms with E-state index >= 15 is 0 Å². The minimum Gasteiger partial charge on any atom is -0.333 e. The van der Waals surface area contributed by atoms with Gasteiger partial charge in [0, 0.05) is 17.7 Å². The van der Waals surface area contributed by atoms with E-state index in [0.29, 0.717) is 40.9 Å². The lowest BCUT2D eigenvalue weighted by Gasteiger charge is -2.27. The van der Waals surface area contributed by atoms with Gasteiger partial charge in [-0.25, -0.2) is 0 Å². The summed E-state index contributed by atoms with van der Waals surface area (Å²) in [5.41, 5.74) is 5.37. The van der Waals surface area contributed by atoms with Gasteiger partial charge in [0.05, 0.1) is 23.5 Å². The smallest absolute Gasteiger partial charge is 0.333 e. The highest BCUT2D eigenvalue weighted by atomic mass is 19.4. The van der Waals surface area contributed by atoms with Gasteiger partial charge in [-0.15, -0.1) is 0 Å². The molecule has 2 amide bonds. The van der Waals surface area contributed by atoms with Gasteiger partial charge in [0.15, 0.2) is 0 Å². The zero-order valence-electron chi connectivity index (χ0n) is 21.9. The standard InChI is InChI=1S/C32H28F3N3O2/c1-2-3-18-38(20-32(33,34)35)31(40)29-24-13-8-7-12-23(24)28-25(14-9-15-26(28)29)27-17-16-22(19-36-27)37-30(39)21-10-5-4-6-11-21/h4-17,19,29H,2-3,18,20H2,1H3,(H,37,39). The molecule has 1 aliphatic rings. The van der Waals surface area contributed by atoms with Gasteiger partial charge in [-0.2, -0.15) is 13.2 Å². The van der Waals surface area contributed by atoms with Crippen molar-refractivity contribution in [1.82, 2.24) is 9.88 Å². The molecule has 0 radical (unpaired) electrons. The van der Waals surface area contributed by atoms with Gasteiger partial charge in [-0.05, 0) is 52.9 Å². The molecule has 1 aliphatic carbocycles. The van der Waals surface area contributed by atoms with Gasteiger partial charge in [-0.3, -0.25) is 14.6 Å². The summed E-state index contributed by atoms with van der Waals surface area (Å²) in [6.45, 7) is 0.644. The number of amides is 2. The van der Waals surface area contributed by atoms with Gasteiger partial charge in [-0.1, -0.05) is 74.0 Å². The van der Waals surface area contributed by atoms with Crippen LogP contribution in [0.3, 0.4) is 0 Å². The molecule has 0 saturated carbocycles. The van der Waals surface area contributed by atoms with Crippen LogP contribution in [0.25, 0.3) is 22.4 Å². The first-order chi connectivity index (χ1) is 19.3. The van der Waals surface area contributed by atoms with Crippen molar-refractivity contribution in [3.05, 3.63) is 108 Å². The minimum atomic E-state index is -4.49. The number of alkyl halides is 3. The summed E-state index contributed by atoms with van der Waals surface area (Å²) in [5.74, 6) is -1.65. The monoisotopic (exact) mass is 543 g/mol. The van der Waals surface area contributed by atoms with Crippen LogP contribution in [0.5, 0.6) is 0 Å². The number of aromatic nitrogens is 1. The second-order valence-corrected chi connectivity index (χ2v) is 9.77. The fraction of sp³-hybridized carbons (Fsp3) is 0.219. The molecule has 1 aromatic heterocycles. The molecule has 204 valence electrons. The van der Waals surface area contributed by atoms with Gasteiger partial charge < -0.3 is 10.2 Å². The van der Waals surface area contributed by atoms with E-state index in [2.05, 4.69) is 10.3 Å². The van der Waals surface area contributed by atoms with Crippen LogP contribution in [0.4, 0.5) is 18.9 Å². The maximum atomic E-state index is 13.7. The highest BCUT2D eigenvalue weighted by Crippen LogP contribution is 2.49. The van der Waals surface area contributed by atoms with E-state index < -0.39 is 24.5 Å². The lowest BCUT2D eigenvalue weighted by Crippen LogP contribution is -2.42. The topological polar surface area (TPSA) is 62.3 Å². The molecule has 0 fully saturated rings. The molecular formula is C32H28F3N3O2. The van der Waals surface area contributed by atoms with Crippen molar-refractivity contribution in [2.75, 3.05) is 18.4 Å². The molecule has 4 aromatic rings. The molecule has 0 spiro atoms. The first-order valence-electron chi connectivity index (χ1n) is 13.2. The molecule has 5 nitrogen and oxygen atoms in total.